The van der Waals surface area contributed by atoms with Crippen LogP contribution in [-0.4, -0.2) is 45.8 Å². The van der Waals surface area contributed by atoms with E-state index in [4.69, 9.17) is 0 Å². The fourth-order valence-corrected chi connectivity index (χ4v) is 2.55. The van der Waals surface area contributed by atoms with Crippen molar-refractivity contribution in [1.29, 1.82) is 0 Å². The van der Waals surface area contributed by atoms with Gasteiger partial charge >= 0.3 is 5.97 Å². The summed E-state index contributed by atoms with van der Waals surface area (Å²) in [7, 11) is -3.12. The van der Waals surface area contributed by atoms with Gasteiger partial charge in [0.15, 0.2) is 9.84 Å². The van der Waals surface area contributed by atoms with Gasteiger partial charge in [-0.1, -0.05) is 6.92 Å². The van der Waals surface area contributed by atoms with Crippen LogP contribution in [0.5, 0.6) is 0 Å². The Morgan fingerprint density at radius 3 is 2.57 bits per heavy atom. The van der Waals surface area contributed by atoms with Crippen LogP contribution in [0.4, 0.5) is 0 Å². The summed E-state index contributed by atoms with van der Waals surface area (Å²) in [6.45, 7) is 1.70. The lowest BCUT2D eigenvalue weighted by Gasteiger charge is -2.01. The molecule has 0 saturated heterocycles. The molecule has 7 nitrogen and oxygen atoms in total. The van der Waals surface area contributed by atoms with E-state index in [1.54, 1.807) is 31.5 Å². The number of hydrogen-bond donors (Lipinski definition) is 1. The number of pyridine rings is 1. The van der Waals surface area contributed by atoms with Crippen molar-refractivity contribution < 1.29 is 18.3 Å². The molecular formula is C13H15N3O4S. The van der Waals surface area contributed by atoms with E-state index in [0.717, 1.165) is 0 Å². The summed E-state index contributed by atoms with van der Waals surface area (Å²) < 4.78 is 24.4. The van der Waals surface area contributed by atoms with E-state index in [0.29, 0.717) is 11.3 Å². The summed E-state index contributed by atoms with van der Waals surface area (Å²) in [6.07, 6.45) is 4.44. The molecule has 0 amide bonds. The maximum atomic E-state index is 11.5. The highest BCUT2D eigenvalue weighted by Crippen LogP contribution is 2.21. The van der Waals surface area contributed by atoms with Crippen LogP contribution in [0.3, 0.4) is 0 Å². The second kappa shape index (κ2) is 6.04. The van der Waals surface area contributed by atoms with Crippen molar-refractivity contribution in [2.45, 2.75) is 13.5 Å². The van der Waals surface area contributed by atoms with Crippen molar-refractivity contribution in [2.24, 2.45) is 0 Å². The van der Waals surface area contributed by atoms with E-state index in [2.05, 4.69) is 10.1 Å². The average Bonchev–Trinajstić information content (AvgIpc) is 2.91. The van der Waals surface area contributed by atoms with Crippen molar-refractivity contribution in [2.75, 3.05) is 11.5 Å². The number of nitrogens with zero attached hydrogens (tertiary/aromatic N) is 3. The Balaban J connectivity index is 2.32. The number of aromatic nitrogens is 3. The number of aromatic carboxylic acids is 1. The highest BCUT2D eigenvalue weighted by molar-refractivity contribution is 7.91. The number of carbonyl (C=O) groups is 1. The number of hydrogen-bond acceptors (Lipinski definition) is 5. The molecule has 8 heteroatoms. The Morgan fingerprint density at radius 1 is 1.33 bits per heavy atom. The highest BCUT2D eigenvalue weighted by Gasteiger charge is 2.18. The molecule has 112 valence electrons. The van der Waals surface area contributed by atoms with Crippen LogP contribution in [0.25, 0.3) is 11.3 Å². The fraction of sp³-hybridized carbons (Fsp3) is 0.308. The van der Waals surface area contributed by atoms with Gasteiger partial charge in [0.25, 0.3) is 0 Å². The Hall–Kier alpha value is -2.22. The molecule has 2 aromatic heterocycles. The molecule has 21 heavy (non-hydrogen) atoms. The fourth-order valence-electron chi connectivity index (χ4n) is 1.79. The van der Waals surface area contributed by atoms with Crippen molar-refractivity contribution in [3.63, 3.8) is 0 Å². The Labute approximate surface area is 122 Å². The molecule has 2 heterocycles. The van der Waals surface area contributed by atoms with E-state index < -0.39 is 15.8 Å². The Kier molecular flexibility index (Phi) is 4.37. The number of rotatable bonds is 6. The van der Waals surface area contributed by atoms with Gasteiger partial charge in [-0.25, -0.2) is 13.2 Å². The highest BCUT2D eigenvalue weighted by atomic mass is 32.2. The molecule has 0 fully saturated rings. The van der Waals surface area contributed by atoms with Crippen molar-refractivity contribution in [1.82, 2.24) is 14.8 Å². The van der Waals surface area contributed by atoms with Gasteiger partial charge in [0.05, 0.1) is 12.3 Å². The van der Waals surface area contributed by atoms with E-state index in [-0.39, 0.29) is 23.6 Å². The lowest BCUT2D eigenvalue weighted by Crippen LogP contribution is -2.15. The quantitative estimate of drug-likeness (QED) is 0.856. The third-order valence-corrected chi connectivity index (χ3v) is 4.70. The zero-order valence-corrected chi connectivity index (χ0v) is 12.2. The molecule has 0 unspecified atom stereocenters. The van der Waals surface area contributed by atoms with Gasteiger partial charge in [0.1, 0.15) is 11.3 Å². The minimum atomic E-state index is -3.12. The summed E-state index contributed by atoms with van der Waals surface area (Å²) in [5.74, 6) is -1.12. The molecule has 0 spiro atoms. The monoisotopic (exact) mass is 309 g/mol. The number of carboxylic acid groups (broad SMARTS) is 1. The number of carboxylic acids is 1. The summed E-state index contributed by atoms with van der Waals surface area (Å²) in [6, 6.07) is 3.31. The first-order valence-electron chi connectivity index (χ1n) is 6.34. The zero-order valence-electron chi connectivity index (χ0n) is 11.4. The average molecular weight is 309 g/mol. The van der Waals surface area contributed by atoms with Crippen molar-refractivity contribution in [3.05, 3.63) is 36.3 Å². The number of sulfone groups is 1. The predicted octanol–water partition coefficient (Wildman–Crippen LogP) is 1.08. The van der Waals surface area contributed by atoms with Crippen molar-refractivity contribution in [3.8, 4) is 11.3 Å². The lowest BCUT2D eigenvalue weighted by atomic mass is 10.1. The third-order valence-electron chi connectivity index (χ3n) is 3.02. The van der Waals surface area contributed by atoms with Gasteiger partial charge < -0.3 is 5.11 Å². The van der Waals surface area contributed by atoms with Crippen LogP contribution < -0.4 is 0 Å². The molecule has 0 radical (unpaired) electrons. The molecule has 1 N–H and O–H groups in total. The predicted molar refractivity (Wildman–Crippen MR) is 76.7 cm³/mol. The first-order valence-corrected chi connectivity index (χ1v) is 8.16. The molecular weight excluding hydrogens is 294 g/mol. The van der Waals surface area contributed by atoms with Gasteiger partial charge in [0.2, 0.25) is 0 Å². The standard InChI is InChI=1S/C13H15N3O4S/c1-2-21(19,20)8-7-16-9-11(13(17)18)12(15-16)10-3-5-14-6-4-10/h3-6,9H,2,7-8H2,1H3,(H,17,18). The largest absolute Gasteiger partial charge is 0.478 e. The summed E-state index contributed by atoms with van der Waals surface area (Å²) in [5, 5.41) is 13.4. The van der Waals surface area contributed by atoms with Crippen LogP contribution in [0.2, 0.25) is 0 Å². The van der Waals surface area contributed by atoms with E-state index in [1.165, 1.54) is 10.9 Å². The third kappa shape index (κ3) is 3.66. The normalized spacial score (nSPS) is 11.5. The van der Waals surface area contributed by atoms with E-state index >= 15 is 0 Å². The molecule has 0 atom stereocenters. The summed E-state index contributed by atoms with van der Waals surface area (Å²) in [5.41, 5.74) is 0.966. The first-order chi connectivity index (χ1) is 9.93. The SMILES string of the molecule is CCS(=O)(=O)CCn1cc(C(=O)O)c(-c2ccncc2)n1. The summed E-state index contributed by atoms with van der Waals surface area (Å²) >= 11 is 0. The van der Waals surface area contributed by atoms with Gasteiger partial charge in [0, 0.05) is 29.9 Å². The molecule has 0 bridgehead atoms. The topological polar surface area (TPSA) is 102 Å². The smallest absolute Gasteiger partial charge is 0.339 e. The van der Waals surface area contributed by atoms with Crippen LogP contribution in [0.15, 0.2) is 30.7 Å². The van der Waals surface area contributed by atoms with Crippen molar-refractivity contribution >= 4 is 15.8 Å². The van der Waals surface area contributed by atoms with E-state index in [1.807, 2.05) is 0 Å². The van der Waals surface area contributed by atoms with Gasteiger partial charge in [-0.15, -0.1) is 0 Å². The minimum absolute atomic E-state index is 0.0371. The first kappa shape index (κ1) is 15.2. The summed E-state index contributed by atoms with van der Waals surface area (Å²) in [4.78, 5) is 15.1. The molecule has 0 aliphatic rings. The zero-order chi connectivity index (χ0) is 15.5. The maximum Gasteiger partial charge on any atom is 0.339 e. The molecule has 0 saturated carbocycles. The van der Waals surface area contributed by atoms with E-state index in [9.17, 15) is 18.3 Å². The molecule has 0 aliphatic heterocycles. The molecule has 0 aromatic carbocycles. The van der Waals surface area contributed by atoms with Crippen LogP contribution in [0, 0.1) is 0 Å². The van der Waals surface area contributed by atoms with Crippen LogP contribution >= 0.6 is 0 Å². The van der Waals surface area contributed by atoms with Gasteiger partial charge in [-0.05, 0) is 12.1 Å². The van der Waals surface area contributed by atoms with Crippen LogP contribution in [0.1, 0.15) is 17.3 Å². The molecule has 0 aliphatic carbocycles. The van der Waals surface area contributed by atoms with Gasteiger partial charge in [-0.2, -0.15) is 5.10 Å². The second-order valence-corrected chi connectivity index (χ2v) is 6.90. The molecule has 2 rings (SSSR count). The lowest BCUT2D eigenvalue weighted by molar-refractivity contribution is 0.0697. The second-order valence-electron chi connectivity index (χ2n) is 4.43. The Morgan fingerprint density at radius 2 is 2.00 bits per heavy atom. The Bertz CT molecular complexity index is 738. The molecule has 2 aromatic rings. The number of aryl methyl sites for hydroxylation is 1. The van der Waals surface area contributed by atoms with Crippen LogP contribution in [-0.2, 0) is 16.4 Å². The van der Waals surface area contributed by atoms with Gasteiger partial charge in [-0.3, -0.25) is 9.67 Å². The maximum absolute atomic E-state index is 11.5. The minimum Gasteiger partial charge on any atom is -0.478 e.